The van der Waals surface area contributed by atoms with Crippen LogP contribution in [0, 0.1) is 17.0 Å². The van der Waals surface area contributed by atoms with Gasteiger partial charge in [0, 0.05) is 24.2 Å². The second-order valence-electron chi connectivity index (χ2n) is 9.21. The summed E-state index contributed by atoms with van der Waals surface area (Å²) in [5, 5.41) is 7.00. The van der Waals surface area contributed by atoms with Gasteiger partial charge in [0.25, 0.3) is 11.8 Å². The molecule has 1 unspecified atom stereocenters. The van der Waals surface area contributed by atoms with Gasteiger partial charge in [-0.05, 0) is 44.2 Å². The first-order valence-electron chi connectivity index (χ1n) is 11.0. The van der Waals surface area contributed by atoms with E-state index in [1.807, 2.05) is 0 Å². The van der Waals surface area contributed by atoms with E-state index in [1.165, 1.54) is 5.06 Å². The molecular weight excluding hydrogens is 465 g/mol. The number of hydroxylamine groups is 2. The Balaban J connectivity index is 1.47. The summed E-state index contributed by atoms with van der Waals surface area (Å²) >= 11 is 0. The van der Waals surface area contributed by atoms with E-state index in [4.69, 9.17) is 4.84 Å². The van der Waals surface area contributed by atoms with Crippen LogP contribution in [0.15, 0.2) is 23.4 Å². The summed E-state index contributed by atoms with van der Waals surface area (Å²) in [5.41, 5.74) is -4.89. The van der Waals surface area contributed by atoms with Crippen molar-refractivity contribution in [2.75, 3.05) is 13.2 Å². The largest absolute Gasteiger partial charge is 0.440 e. The molecule has 1 saturated heterocycles. The molecule has 3 aliphatic rings. The van der Waals surface area contributed by atoms with E-state index in [1.54, 1.807) is 6.92 Å². The van der Waals surface area contributed by atoms with Crippen molar-refractivity contribution in [3.8, 4) is 0 Å². The van der Waals surface area contributed by atoms with Crippen LogP contribution < -0.4 is 5.32 Å². The molecule has 3 atom stereocenters. The number of carbonyl (C=O) groups excluding carboxylic acids is 2. The first-order chi connectivity index (χ1) is 15.9. The third kappa shape index (κ3) is 4.47. The predicted molar refractivity (Wildman–Crippen MR) is 108 cm³/mol. The molecule has 7 nitrogen and oxygen atoms in total. The molecule has 34 heavy (non-hydrogen) atoms. The molecule has 0 aromatic heterocycles. The summed E-state index contributed by atoms with van der Waals surface area (Å²) in [6.07, 6.45) is -3.78. The lowest BCUT2D eigenvalue weighted by Gasteiger charge is -2.33. The number of carbonyl (C=O) groups is 2. The van der Waals surface area contributed by atoms with Crippen molar-refractivity contribution in [2.24, 2.45) is 10.6 Å². The quantitative estimate of drug-likeness (QED) is 0.656. The topological polar surface area (TPSA) is 80.2 Å². The number of alkyl halides is 3. The van der Waals surface area contributed by atoms with Crippen molar-refractivity contribution >= 4 is 17.5 Å². The number of amides is 2. The van der Waals surface area contributed by atoms with Crippen LogP contribution in [0.3, 0.4) is 0 Å². The summed E-state index contributed by atoms with van der Waals surface area (Å²) in [7, 11) is 0. The first kappa shape index (κ1) is 24.4. The molecule has 2 aliphatic heterocycles. The summed E-state index contributed by atoms with van der Waals surface area (Å²) in [6, 6.07) is 1.49. The Bertz CT molecular complexity index is 990. The highest BCUT2D eigenvalue weighted by molar-refractivity contribution is 6.06. The van der Waals surface area contributed by atoms with Crippen LogP contribution in [0.2, 0.25) is 0 Å². The molecule has 2 heterocycles. The fourth-order valence-corrected chi connectivity index (χ4v) is 4.63. The SMILES string of the molecule is C[C@]1(C(=O)N2CCCCO2)CC[C@H](NC(=O)C2(C(F)(F)F)CC(c3cc(F)cc(F)c3)=NO2)C1. The molecule has 1 aromatic rings. The van der Waals surface area contributed by atoms with Gasteiger partial charge in [0.05, 0.1) is 24.2 Å². The van der Waals surface area contributed by atoms with Crippen LogP contribution in [-0.2, 0) is 19.3 Å². The van der Waals surface area contributed by atoms with Crippen LogP contribution in [0.4, 0.5) is 22.0 Å². The lowest BCUT2D eigenvalue weighted by atomic mass is 9.87. The fourth-order valence-electron chi connectivity index (χ4n) is 4.63. The molecule has 2 amide bonds. The lowest BCUT2D eigenvalue weighted by molar-refractivity contribution is -0.259. The zero-order valence-electron chi connectivity index (χ0n) is 18.4. The van der Waals surface area contributed by atoms with Crippen LogP contribution >= 0.6 is 0 Å². The normalized spacial score (nSPS) is 29.5. The minimum atomic E-state index is -5.16. The number of nitrogens with one attached hydrogen (secondary N) is 1. The highest BCUT2D eigenvalue weighted by Crippen LogP contribution is 2.44. The van der Waals surface area contributed by atoms with Crippen molar-refractivity contribution in [2.45, 2.75) is 63.3 Å². The Morgan fingerprint density at radius 1 is 1.18 bits per heavy atom. The average molecular weight is 489 g/mol. The second kappa shape index (κ2) is 8.79. The molecule has 1 aliphatic carbocycles. The van der Waals surface area contributed by atoms with Gasteiger partial charge in [0.1, 0.15) is 11.6 Å². The van der Waals surface area contributed by atoms with Gasteiger partial charge in [0.2, 0.25) is 0 Å². The maximum Gasteiger partial charge on any atom is 0.440 e. The van der Waals surface area contributed by atoms with E-state index < -0.39 is 52.9 Å². The zero-order valence-corrected chi connectivity index (χ0v) is 18.4. The monoisotopic (exact) mass is 489 g/mol. The van der Waals surface area contributed by atoms with Crippen LogP contribution in [0.1, 0.15) is 51.0 Å². The Kier molecular flexibility index (Phi) is 6.30. The minimum absolute atomic E-state index is 0.133. The summed E-state index contributed by atoms with van der Waals surface area (Å²) in [6.45, 7) is 2.56. The van der Waals surface area contributed by atoms with Gasteiger partial charge < -0.3 is 10.2 Å². The molecule has 2 fully saturated rings. The van der Waals surface area contributed by atoms with Gasteiger partial charge >= 0.3 is 11.8 Å². The highest BCUT2D eigenvalue weighted by Gasteiger charge is 2.67. The van der Waals surface area contributed by atoms with E-state index in [0.717, 1.165) is 25.0 Å². The molecule has 1 N–H and O–H groups in total. The number of benzene rings is 1. The molecule has 12 heteroatoms. The van der Waals surface area contributed by atoms with E-state index in [9.17, 15) is 31.5 Å². The van der Waals surface area contributed by atoms with Gasteiger partial charge in [-0.15, -0.1) is 0 Å². The van der Waals surface area contributed by atoms with Crippen molar-refractivity contribution in [1.29, 1.82) is 0 Å². The molecule has 0 radical (unpaired) electrons. The first-order valence-corrected chi connectivity index (χ1v) is 11.0. The summed E-state index contributed by atoms with van der Waals surface area (Å²) < 4.78 is 69.1. The molecular formula is C22H24F5N3O4. The van der Waals surface area contributed by atoms with Crippen molar-refractivity contribution in [3.05, 3.63) is 35.4 Å². The zero-order chi connectivity index (χ0) is 24.7. The Morgan fingerprint density at radius 3 is 2.50 bits per heavy atom. The molecule has 186 valence electrons. The Labute approximate surface area is 192 Å². The van der Waals surface area contributed by atoms with Gasteiger partial charge in [0.15, 0.2) is 0 Å². The van der Waals surface area contributed by atoms with Crippen molar-refractivity contribution in [3.63, 3.8) is 0 Å². The maximum atomic E-state index is 14.0. The van der Waals surface area contributed by atoms with Crippen LogP contribution in [-0.4, -0.2) is 53.6 Å². The second-order valence-corrected chi connectivity index (χ2v) is 9.21. The van der Waals surface area contributed by atoms with E-state index in [0.29, 0.717) is 32.1 Å². The molecule has 0 spiro atoms. The van der Waals surface area contributed by atoms with Crippen molar-refractivity contribution in [1.82, 2.24) is 10.4 Å². The Morgan fingerprint density at radius 2 is 1.88 bits per heavy atom. The third-order valence-corrected chi connectivity index (χ3v) is 6.57. The van der Waals surface area contributed by atoms with Crippen LogP contribution in [0.25, 0.3) is 0 Å². The van der Waals surface area contributed by atoms with E-state index >= 15 is 0 Å². The summed E-state index contributed by atoms with van der Waals surface area (Å²) in [5.74, 6) is -3.73. The van der Waals surface area contributed by atoms with Gasteiger partial charge in [-0.25, -0.2) is 13.8 Å². The lowest BCUT2D eigenvalue weighted by Crippen LogP contribution is -2.58. The minimum Gasteiger partial charge on any atom is -0.369 e. The van der Waals surface area contributed by atoms with E-state index in [-0.39, 0.29) is 17.9 Å². The van der Waals surface area contributed by atoms with Gasteiger partial charge in [-0.1, -0.05) is 12.1 Å². The summed E-state index contributed by atoms with van der Waals surface area (Å²) in [4.78, 5) is 35.8. The van der Waals surface area contributed by atoms with Crippen molar-refractivity contribution < 1.29 is 41.2 Å². The standard InChI is InChI=1S/C22H24F5N3O4/c1-20(19(32)30-6-2-3-7-33-30)5-4-16(11-20)28-18(31)21(22(25,26)27)12-17(29-34-21)13-8-14(23)10-15(24)9-13/h8-10,16H,2-7,11-12H2,1H3,(H,28,31)/t16-,20-,21?/m0/s1. The molecule has 4 rings (SSSR count). The number of oxime groups is 1. The number of hydrogen-bond acceptors (Lipinski definition) is 5. The van der Waals surface area contributed by atoms with Gasteiger partial charge in [-0.3, -0.25) is 14.4 Å². The predicted octanol–water partition coefficient (Wildman–Crippen LogP) is 3.62. The smallest absolute Gasteiger partial charge is 0.369 e. The average Bonchev–Trinajstić information content (AvgIpc) is 3.39. The van der Waals surface area contributed by atoms with Crippen LogP contribution in [0.5, 0.6) is 0 Å². The Hall–Kier alpha value is -2.76. The fraction of sp³-hybridized carbons (Fsp3) is 0.591. The molecule has 1 saturated carbocycles. The third-order valence-electron chi connectivity index (χ3n) is 6.57. The number of hydrogen-bond donors (Lipinski definition) is 1. The molecule has 0 bridgehead atoms. The maximum absolute atomic E-state index is 14.0. The number of rotatable bonds is 4. The molecule has 1 aromatic carbocycles. The highest BCUT2D eigenvalue weighted by atomic mass is 19.4. The number of halogens is 5. The number of nitrogens with zero attached hydrogens (tertiary/aromatic N) is 2. The van der Waals surface area contributed by atoms with Gasteiger partial charge in [-0.2, -0.15) is 13.2 Å². The van der Waals surface area contributed by atoms with E-state index in [2.05, 4.69) is 15.3 Å².